The number of hydrogen-bond donors (Lipinski definition) is 1. The molecule has 0 saturated heterocycles. The minimum absolute atomic E-state index is 0. The second kappa shape index (κ2) is 10.9. The number of rotatable bonds is 8. The third kappa shape index (κ3) is 5.69. The number of hydrogen-bond acceptors (Lipinski definition) is 3. The molecular formula is C25H27F3NNaO4S. The van der Waals surface area contributed by atoms with Crippen LogP contribution >= 0.6 is 0 Å². The van der Waals surface area contributed by atoms with Crippen LogP contribution in [0.1, 0.15) is 66.7 Å². The van der Waals surface area contributed by atoms with Crippen LogP contribution in [0.2, 0.25) is 0 Å². The Morgan fingerprint density at radius 1 is 1.11 bits per heavy atom. The summed E-state index contributed by atoms with van der Waals surface area (Å²) in [7, 11) is -4.34. The number of carboxylic acid groups (broad SMARTS) is 1. The number of alkyl halides is 3. The molecule has 2 atom stereocenters. The standard InChI is InChI=1S/C25H26F3NO4S.Na.H/c1-5-20(24(30)31)22-14-18-13-19(25(26,27)28)10-11-21(18)29(22)34(32,33)23(6-2)17-9-7-8-16(12-17)15(3)4;;/h6-15,20,23H,2,5H2,1,3-4H3,(H,30,31);;. The van der Waals surface area contributed by atoms with Crippen LogP contribution in [0.5, 0.6) is 0 Å². The summed E-state index contributed by atoms with van der Waals surface area (Å²) in [6, 6.07) is 10.9. The van der Waals surface area contributed by atoms with Gasteiger partial charge in [-0.3, -0.25) is 4.79 Å². The van der Waals surface area contributed by atoms with E-state index in [9.17, 15) is 31.5 Å². The first-order valence-corrected chi connectivity index (χ1v) is 12.2. The normalized spacial score (nSPS) is 13.9. The van der Waals surface area contributed by atoms with Gasteiger partial charge in [0.25, 0.3) is 0 Å². The van der Waals surface area contributed by atoms with Gasteiger partial charge in [-0.05, 0) is 47.7 Å². The molecular weight excluding hydrogens is 490 g/mol. The minimum atomic E-state index is -4.63. The Balaban J connectivity index is 0.00000432. The van der Waals surface area contributed by atoms with Crippen molar-refractivity contribution in [3.05, 3.63) is 83.6 Å². The quantitative estimate of drug-likeness (QED) is 0.302. The summed E-state index contributed by atoms with van der Waals surface area (Å²) in [5, 5.41) is 8.48. The van der Waals surface area contributed by atoms with Crippen molar-refractivity contribution in [3.63, 3.8) is 0 Å². The van der Waals surface area contributed by atoms with E-state index in [0.717, 1.165) is 27.7 Å². The molecule has 0 bridgehead atoms. The van der Waals surface area contributed by atoms with Crippen LogP contribution in [0, 0.1) is 0 Å². The second-order valence-corrected chi connectivity index (χ2v) is 10.3. The zero-order valence-electron chi connectivity index (χ0n) is 19.0. The molecule has 1 heterocycles. The van der Waals surface area contributed by atoms with Gasteiger partial charge in [0.1, 0.15) is 5.25 Å². The number of nitrogens with zero attached hydrogens (tertiary/aromatic N) is 1. The molecule has 2 unspecified atom stereocenters. The average Bonchev–Trinajstić information content (AvgIpc) is 3.13. The molecule has 0 spiro atoms. The summed E-state index contributed by atoms with van der Waals surface area (Å²) in [5.41, 5.74) is 0.272. The Bertz CT molecular complexity index is 1350. The first kappa shape index (κ1) is 29.2. The molecule has 3 rings (SSSR count). The third-order valence-corrected chi connectivity index (χ3v) is 7.89. The fourth-order valence-corrected chi connectivity index (χ4v) is 5.94. The van der Waals surface area contributed by atoms with E-state index in [0.29, 0.717) is 5.56 Å². The first-order valence-electron chi connectivity index (χ1n) is 10.7. The molecule has 0 fully saturated rings. The summed E-state index contributed by atoms with van der Waals surface area (Å²) in [5.74, 6) is -2.37. The van der Waals surface area contributed by atoms with Crippen molar-refractivity contribution < 1.29 is 31.5 Å². The molecule has 0 aliphatic heterocycles. The van der Waals surface area contributed by atoms with Gasteiger partial charge in [0, 0.05) is 11.1 Å². The average molecular weight is 518 g/mol. The van der Waals surface area contributed by atoms with Crippen LogP contribution in [-0.2, 0) is 21.0 Å². The van der Waals surface area contributed by atoms with Gasteiger partial charge < -0.3 is 5.11 Å². The Labute approximate surface area is 225 Å². The molecule has 35 heavy (non-hydrogen) atoms. The van der Waals surface area contributed by atoms with Gasteiger partial charge in [-0.1, -0.05) is 51.1 Å². The fourth-order valence-electron chi connectivity index (χ4n) is 4.06. The van der Waals surface area contributed by atoms with Crippen molar-refractivity contribution >= 4 is 56.5 Å². The second-order valence-electron chi connectivity index (χ2n) is 8.43. The maximum absolute atomic E-state index is 13.9. The van der Waals surface area contributed by atoms with E-state index in [1.54, 1.807) is 25.1 Å². The van der Waals surface area contributed by atoms with E-state index in [-0.39, 0.29) is 58.5 Å². The molecule has 1 N–H and O–H groups in total. The van der Waals surface area contributed by atoms with Gasteiger partial charge >= 0.3 is 41.7 Å². The number of aliphatic carboxylic acids is 1. The van der Waals surface area contributed by atoms with Gasteiger partial charge in [0.05, 0.1) is 17.0 Å². The molecule has 3 aromatic rings. The molecule has 0 amide bonds. The number of fused-ring (bicyclic) bond motifs is 1. The molecule has 0 radical (unpaired) electrons. The SMILES string of the molecule is C=CC(c1cccc(C(C)C)c1)S(=O)(=O)n1c(C(CC)C(=O)O)cc2cc(C(F)(F)F)ccc21.[NaH]. The molecule has 0 saturated carbocycles. The van der Waals surface area contributed by atoms with Gasteiger partial charge in [0.2, 0.25) is 10.0 Å². The summed E-state index contributed by atoms with van der Waals surface area (Å²) >= 11 is 0. The van der Waals surface area contributed by atoms with E-state index < -0.39 is 38.9 Å². The van der Waals surface area contributed by atoms with Crippen LogP contribution in [0.4, 0.5) is 13.2 Å². The van der Waals surface area contributed by atoms with Crippen molar-refractivity contribution in [2.24, 2.45) is 0 Å². The van der Waals surface area contributed by atoms with Gasteiger partial charge in [-0.25, -0.2) is 12.4 Å². The van der Waals surface area contributed by atoms with Crippen molar-refractivity contribution in [3.8, 4) is 0 Å². The zero-order chi connectivity index (χ0) is 25.4. The van der Waals surface area contributed by atoms with Crippen LogP contribution in [0.3, 0.4) is 0 Å². The topological polar surface area (TPSA) is 76.4 Å². The number of carboxylic acids is 1. The van der Waals surface area contributed by atoms with E-state index in [1.807, 2.05) is 19.9 Å². The molecule has 2 aromatic carbocycles. The number of carbonyl (C=O) groups is 1. The van der Waals surface area contributed by atoms with Gasteiger partial charge in [-0.2, -0.15) is 13.2 Å². The van der Waals surface area contributed by atoms with Crippen LogP contribution < -0.4 is 0 Å². The van der Waals surface area contributed by atoms with Crippen molar-refractivity contribution in [1.29, 1.82) is 0 Å². The van der Waals surface area contributed by atoms with Crippen LogP contribution in [-0.4, -0.2) is 53.0 Å². The molecule has 0 aliphatic carbocycles. The van der Waals surface area contributed by atoms with Gasteiger partial charge in [-0.15, -0.1) is 6.58 Å². The van der Waals surface area contributed by atoms with Crippen molar-refractivity contribution in [1.82, 2.24) is 3.97 Å². The predicted octanol–water partition coefficient (Wildman–Crippen LogP) is 5.82. The molecule has 5 nitrogen and oxygen atoms in total. The summed E-state index contributed by atoms with van der Waals surface area (Å²) < 4.78 is 68.6. The van der Waals surface area contributed by atoms with Crippen molar-refractivity contribution in [2.45, 2.75) is 50.5 Å². The predicted molar refractivity (Wildman–Crippen MR) is 133 cm³/mol. The fraction of sp³-hybridized carbons (Fsp3) is 0.320. The Kier molecular flexibility index (Phi) is 9.08. The monoisotopic (exact) mass is 517 g/mol. The van der Waals surface area contributed by atoms with Gasteiger partial charge in [0.15, 0.2) is 0 Å². The summed E-state index contributed by atoms with van der Waals surface area (Å²) in [6.45, 7) is 9.19. The van der Waals surface area contributed by atoms with E-state index >= 15 is 0 Å². The Hall–Kier alpha value is -2.07. The summed E-state index contributed by atoms with van der Waals surface area (Å²) in [4.78, 5) is 11.9. The molecule has 1 aromatic heterocycles. The number of halogens is 3. The number of aromatic nitrogens is 1. The van der Waals surface area contributed by atoms with E-state index in [1.165, 1.54) is 12.1 Å². The Morgan fingerprint density at radius 3 is 2.26 bits per heavy atom. The molecule has 10 heteroatoms. The summed E-state index contributed by atoms with van der Waals surface area (Å²) in [6.07, 6.45) is -3.34. The third-order valence-electron chi connectivity index (χ3n) is 5.87. The first-order chi connectivity index (χ1) is 15.8. The van der Waals surface area contributed by atoms with E-state index in [4.69, 9.17) is 0 Å². The molecule has 184 valence electrons. The van der Waals surface area contributed by atoms with Crippen LogP contribution in [0.25, 0.3) is 10.9 Å². The van der Waals surface area contributed by atoms with E-state index in [2.05, 4.69) is 6.58 Å². The zero-order valence-corrected chi connectivity index (χ0v) is 19.8. The van der Waals surface area contributed by atoms with Crippen LogP contribution in [0.15, 0.2) is 61.2 Å². The number of benzene rings is 2. The Morgan fingerprint density at radius 2 is 1.74 bits per heavy atom. The molecule has 0 aliphatic rings. The van der Waals surface area contributed by atoms with Crippen molar-refractivity contribution in [2.75, 3.05) is 0 Å². The maximum atomic E-state index is 13.9.